The minimum absolute atomic E-state index is 0. The second-order valence-electron chi connectivity index (χ2n) is 10.8. The van der Waals surface area contributed by atoms with Crippen LogP contribution in [-0.4, -0.2) is 75.4 Å². The molecule has 0 aliphatic heterocycles. The molecule has 222 valence electrons. The summed E-state index contributed by atoms with van der Waals surface area (Å²) in [5, 5.41) is 0.610. The van der Waals surface area contributed by atoms with Gasteiger partial charge in [0.1, 0.15) is 5.75 Å². The van der Waals surface area contributed by atoms with E-state index in [1.165, 1.54) is 11.3 Å². The van der Waals surface area contributed by atoms with E-state index >= 15 is 0 Å². The topological polar surface area (TPSA) is 83.0 Å². The van der Waals surface area contributed by atoms with Crippen molar-refractivity contribution in [2.75, 3.05) is 51.8 Å². The molecule has 0 bridgehead atoms. The van der Waals surface area contributed by atoms with Crippen LogP contribution in [0.5, 0.6) is 5.75 Å². The Morgan fingerprint density at radius 1 is 0.975 bits per heavy atom. The summed E-state index contributed by atoms with van der Waals surface area (Å²) in [7, 11) is 0.325. The van der Waals surface area contributed by atoms with Crippen molar-refractivity contribution in [1.82, 2.24) is 14.2 Å². The van der Waals surface area contributed by atoms with Gasteiger partial charge in [-0.25, -0.2) is 13.4 Å². The Bertz CT molecular complexity index is 1330. The summed E-state index contributed by atoms with van der Waals surface area (Å²) in [6.07, 6.45) is 0.769. The third-order valence-corrected chi connectivity index (χ3v) is 8.89. The normalized spacial score (nSPS) is 12.0. The average molecular weight is 611 g/mol. The second-order valence-corrected chi connectivity index (χ2v) is 13.8. The molecule has 0 fully saturated rings. The lowest BCUT2D eigenvalue weighted by molar-refractivity contribution is 0.0986. The number of sulfonamides is 1. The zero-order valence-electron chi connectivity index (χ0n) is 24.6. The van der Waals surface area contributed by atoms with E-state index in [-0.39, 0.29) is 35.0 Å². The van der Waals surface area contributed by atoms with Crippen molar-refractivity contribution in [3.05, 3.63) is 48.0 Å². The maximum absolute atomic E-state index is 13.7. The van der Waals surface area contributed by atoms with Crippen molar-refractivity contribution in [3.63, 3.8) is 0 Å². The number of carbonyl (C=O) groups excluding carboxylic acids is 1. The fourth-order valence-corrected chi connectivity index (χ4v) is 7.04. The first-order valence-corrected chi connectivity index (χ1v) is 15.8. The van der Waals surface area contributed by atoms with Crippen molar-refractivity contribution in [3.8, 4) is 5.75 Å². The van der Waals surface area contributed by atoms with E-state index in [9.17, 15) is 13.2 Å². The third-order valence-electron chi connectivity index (χ3n) is 6.00. The Morgan fingerprint density at radius 2 is 1.60 bits per heavy atom. The van der Waals surface area contributed by atoms with Gasteiger partial charge in [0.2, 0.25) is 10.0 Å². The van der Waals surface area contributed by atoms with Crippen molar-refractivity contribution in [1.29, 1.82) is 0 Å². The molecule has 3 aromatic rings. The van der Waals surface area contributed by atoms with Crippen LogP contribution in [0.4, 0.5) is 5.13 Å². The number of hydrogen-bond acceptors (Lipinski definition) is 7. The second kappa shape index (κ2) is 15.1. The van der Waals surface area contributed by atoms with E-state index in [1.54, 1.807) is 33.5 Å². The molecular formula is C29H43ClN4O4S2. The molecule has 0 saturated carbocycles. The quantitative estimate of drug-likeness (QED) is 0.222. The molecule has 0 saturated heterocycles. The Morgan fingerprint density at radius 3 is 2.15 bits per heavy atom. The van der Waals surface area contributed by atoms with E-state index in [1.807, 2.05) is 66.9 Å². The first kappa shape index (κ1) is 34.0. The lowest BCUT2D eigenvalue weighted by Crippen LogP contribution is -2.37. The highest BCUT2D eigenvalue weighted by molar-refractivity contribution is 7.89. The Kier molecular flexibility index (Phi) is 12.8. The molecular weight excluding hydrogens is 568 g/mol. The number of rotatable bonds is 14. The lowest BCUT2D eigenvalue weighted by Gasteiger charge is -2.26. The van der Waals surface area contributed by atoms with Crippen LogP contribution in [0.3, 0.4) is 0 Å². The van der Waals surface area contributed by atoms with E-state index in [2.05, 4.69) is 4.90 Å². The van der Waals surface area contributed by atoms with Gasteiger partial charge in [-0.3, -0.25) is 9.69 Å². The predicted octanol–water partition coefficient (Wildman–Crippen LogP) is 6.02. The molecule has 1 amide bonds. The van der Waals surface area contributed by atoms with Gasteiger partial charge in [-0.2, -0.15) is 4.31 Å². The van der Waals surface area contributed by atoms with Gasteiger partial charge >= 0.3 is 0 Å². The van der Waals surface area contributed by atoms with E-state index in [4.69, 9.17) is 9.72 Å². The Hall–Kier alpha value is -2.24. The first-order chi connectivity index (χ1) is 18.4. The van der Waals surface area contributed by atoms with Gasteiger partial charge in [-0.05, 0) is 88.3 Å². The highest BCUT2D eigenvalue weighted by Crippen LogP contribution is 2.32. The molecule has 0 aliphatic carbocycles. The van der Waals surface area contributed by atoms with Crippen LogP contribution in [0.25, 0.3) is 10.2 Å². The first-order valence-electron chi connectivity index (χ1n) is 13.5. The zero-order valence-corrected chi connectivity index (χ0v) is 27.0. The van der Waals surface area contributed by atoms with Gasteiger partial charge in [0.05, 0.1) is 21.7 Å². The highest BCUT2D eigenvalue weighted by atomic mass is 35.5. The largest absolute Gasteiger partial charge is 0.494 e. The Labute approximate surface area is 249 Å². The average Bonchev–Trinajstić information content (AvgIpc) is 3.28. The van der Waals surface area contributed by atoms with E-state index in [0.717, 1.165) is 28.9 Å². The van der Waals surface area contributed by atoms with Crippen LogP contribution in [0, 0.1) is 11.8 Å². The molecule has 0 radical (unpaired) electrons. The lowest BCUT2D eigenvalue weighted by atomic mass is 10.2. The number of hydrogen-bond donors (Lipinski definition) is 0. The van der Waals surface area contributed by atoms with Gasteiger partial charge in [0, 0.05) is 25.2 Å². The molecule has 2 aromatic carbocycles. The monoisotopic (exact) mass is 610 g/mol. The number of amides is 1. The molecule has 1 aromatic heterocycles. The van der Waals surface area contributed by atoms with Gasteiger partial charge < -0.3 is 9.64 Å². The number of aromatic nitrogens is 1. The van der Waals surface area contributed by atoms with Crippen molar-refractivity contribution in [2.24, 2.45) is 11.8 Å². The van der Waals surface area contributed by atoms with Crippen LogP contribution < -0.4 is 9.64 Å². The number of nitrogens with zero attached hydrogens (tertiary/aromatic N) is 4. The molecule has 0 atom stereocenters. The van der Waals surface area contributed by atoms with Crippen molar-refractivity contribution in [2.45, 2.75) is 45.9 Å². The van der Waals surface area contributed by atoms with Gasteiger partial charge in [-0.1, -0.05) is 39.0 Å². The molecule has 0 spiro atoms. The van der Waals surface area contributed by atoms with Crippen LogP contribution in [0.1, 0.15) is 51.4 Å². The van der Waals surface area contributed by atoms with Gasteiger partial charge in [0.25, 0.3) is 5.91 Å². The molecule has 3 rings (SSSR count). The molecule has 40 heavy (non-hydrogen) atoms. The molecule has 1 heterocycles. The Balaban J connectivity index is 0.00000560. The summed E-state index contributed by atoms with van der Waals surface area (Å²) in [6, 6.07) is 12.0. The number of ether oxygens (including phenoxy) is 1. The number of anilines is 1. The summed E-state index contributed by atoms with van der Waals surface area (Å²) < 4.78 is 35.0. The minimum atomic E-state index is -3.68. The molecule has 8 nitrogen and oxygen atoms in total. The van der Waals surface area contributed by atoms with Gasteiger partial charge in [-0.15, -0.1) is 12.4 Å². The fourth-order valence-electron chi connectivity index (χ4n) is 4.25. The number of fused-ring (bicyclic) bond motifs is 1. The number of benzene rings is 2. The minimum Gasteiger partial charge on any atom is -0.494 e. The zero-order chi connectivity index (χ0) is 28.7. The van der Waals surface area contributed by atoms with Crippen LogP contribution in [0.2, 0.25) is 0 Å². The smallest absolute Gasteiger partial charge is 0.260 e. The SMILES string of the molecule is CCOc1ccc2nc(N(CCCN(C)C)C(=O)c3ccc(S(=O)(=O)N(CC(C)C)CC(C)C)cc3)sc2c1.Cl. The fraction of sp³-hybridized carbons (Fsp3) is 0.517. The maximum Gasteiger partial charge on any atom is 0.260 e. The molecule has 0 N–H and O–H groups in total. The summed E-state index contributed by atoms with van der Waals surface area (Å²) in [4.78, 5) is 22.5. The summed E-state index contributed by atoms with van der Waals surface area (Å²) in [5.41, 5.74) is 1.23. The van der Waals surface area contributed by atoms with E-state index in [0.29, 0.717) is 36.9 Å². The molecule has 0 aliphatic rings. The number of halogens is 1. The maximum atomic E-state index is 13.7. The number of carbonyl (C=O) groups is 1. The van der Waals surface area contributed by atoms with Crippen LogP contribution >= 0.6 is 23.7 Å². The van der Waals surface area contributed by atoms with Gasteiger partial charge in [0.15, 0.2) is 5.13 Å². The third kappa shape index (κ3) is 8.88. The summed E-state index contributed by atoms with van der Waals surface area (Å²) >= 11 is 1.45. The standard InChI is InChI=1S/C29H42N4O4S2.ClH/c1-8-37-24-12-15-26-27(18-24)38-29(30-26)33(17-9-16-31(6)7)28(34)23-10-13-25(14-11-23)39(35,36)32(19-21(2)3)20-22(4)5;/h10-15,18,21-22H,8-9,16-17,19-20H2,1-7H3;1H. The van der Waals surface area contributed by atoms with E-state index < -0.39 is 10.0 Å². The predicted molar refractivity (Wildman–Crippen MR) is 168 cm³/mol. The van der Waals surface area contributed by atoms with Crippen molar-refractivity contribution >= 4 is 55.0 Å². The van der Waals surface area contributed by atoms with Crippen LogP contribution in [-0.2, 0) is 10.0 Å². The van der Waals surface area contributed by atoms with Crippen LogP contribution in [0.15, 0.2) is 47.4 Å². The van der Waals surface area contributed by atoms with Crippen molar-refractivity contribution < 1.29 is 17.9 Å². The number of thiazole rings is 1. The molecule has 0 unspecified atom stereocenters. The highest BCUT2D eigenvalue weighted by Gasteiger charge is 2.27. The summed E-state index contributed by atoms with van der Waals surface area (Å²) in [5.74, 6) is 0.969. The molecule has 11 heteroatoms. The summed E-state index contributed by atoms with van der Waals surface area (Å²) in [6.45, 7) is 12.8.